The van der Waals surface area contributed by atoms with Gasteiger partial charge in [-0.05, 0) is 30.4 Å². The number of hydrogen-bond donors (Lipinski definition) is 0. The van der Waals surface area contributed by atoms with Gasteiger partial charge in [0, 0.05) is 0 Å². The first kappa shape index (κ1) is 9.38. The summed E-state index contributed by atoms with van der Waals surface area (Å²) in [6.07, 6.45) is 2.27. The zero-order valence-corrected chi connectivity index (χ0v) is 8.75. The summed E-state index contributed by atoms with van der Waals surface area (Å²) in [5.41, 5.74) is 1.27. The Hall–Kier alpha value is -1.18. The summed E-state index contributed by atoms with van der Waals surface area (Å²) in [4.78, 5) is 0. The molecule has 0 spiro atoms. The van der Waals surface area contributed by atoms with Crippen LogP contribution < -0.4 is 9.47 Å². The van der Waals surface area contributed by atoms with Crippen LogP contribution in [0.5, 0.6) is 11.5 Å². The van der Waals surface area contributed by atoms with Gasteiger partial charge in [0.05, 0.1) is 0 Å². The predicted molar refractivity (Wildman–Crippen MR) is 55.7 cm³/mol. The summed E-state index contributed by atoms with van der Waals surface area (Å²) in [6, 6.07) is 6.11. The van der Waals surface area contributed by atoms with E-state index in [2.05, 4.69) is 19.9 Å². The monoisotopic (exact) mass is 192 g/mol. The Kier molecular flexibility index (Phi) is 2.62. The van der Waals surface area contributed by atoms with Crippen molar-refractivity contribution in [2.75, 3.05) is 6.79 Å². The van der Waals surface area contributed by atoms with Gasteiger partial charge >= 0.3 is 0 Å². The van der Waals surface area contributed by atoms with E-state index >= 15 is 0 Å². The molecule has 0 aliphatic carbocycles. The van der Waals surface area contributed by atoms with Crippen LogP contribution in [0.2, 0.25) is 0 Å². The molecule has 76 valence electrons. The Morgan fingerprint density at radius 2 is 2.14 bits per heavy atom. The Morgan fingerprint density at radius 1 is 1.29 bits per heavy atom. The number of para-hydroxylation sites is 1. The molecule has 0 atom stereocenters. The molecular formula is C12H16O2. The van der Waals surface area contributed by atoms with Crippen LogP contribution in [0.4, 0.5) is 0 Å². The van der Waals surface area contributed by atoms with E-state index in [1.807, 2.05) is 12.1 Å². The van der Waals surface area contributed by atoms with Crippen molar-refractivity contribution in [3.63, 3.8) is 0 Å². The highest BCUT2D eigenvalue weighted by molar-refractivity contribution is 5.48. The maximum absolute atomic E-state index is 5.44. The molecule has 0 unspecified atom stereocenters. The first-order chi connectivity index (χ1) is 6.77. The van der Waals surface area contributed by atoms with Crippen LogP contribution >= 0.6 is 0 Å². The average Bonchev–Trinajstić information content (AvgIpc) is 2.62. The highest BCUT2D eigenvalue weighted by Crippen LogP contribution is 2.36. The summed E-state index contributed by atoms with van der Waals surface area (Å²) in [7, 11) is 0. The second-order valence-corrected chi connectivity index (χ2v) is 4.08. The van der Waals surface area contributed by atoms with Gasteiger partial charge in [-0.15, -0.1) is 0 Å². The first-order valence-corrected chi connectivity index (χ1v) is 5.15. The van der Waals surface area contributed by atoms with Crippen LogP contribution in [-0.2, 0) is 6.42 Å². The Morgan fingerprint density at radius 3 is 2.93 bits per heavy atom. The molecular weight excluding hydrogens is 176 g/mol. The van der Waals surface area contributed by atoms with Crippen molar-refractivity contribution >= 4 is 0 Å². The van der Waals surface area contributed by atoms with Crippen LogP contribution in [0.1, 0.15) is 25.8 Å². The molecule has 0 saturated heterocycles. The van der Waals surface area contributed by atoms with Gasteiger partial charge in [0.25, 0.3) is 0 Å². The fourth-order valence-corrected chi connectivity index (χ4v) is 1.63. The normalized spacial score (nSPS) is 13.6. The van der Waals surface area contributed by atoms with Crippen molar-refractivity contribution in [2.45, 2.75) is 26.7 Å². The third-order valence-electron chi connectivity index (χ3n) is 2.47. The molecule has 0 radical (unpaired) electrons. The molecule has 1 aromatic rings. The van der Waals surface area contributed by atoms with Crippen LogP contribution in [0.3, 0.4) is 0 Å². The van der Waals surface area contributed by atoms with Crippen molar-refractivity contribution in [1.82, 2.24) is 0 Å². The van der Waals surface area contributed by atoms with Gasteiger partial charge in [-0.2, -0.15) is 0 Å². The van der Waals surface area contributed by atoms with Crippen LogP contribution in [0, 0.1) is 5.92 Å². The number of hydrogen-bond acceptors (Lipinski definition) is 2. The SMILES string of the molecule is CC(C)CCc1cccc2c1OCO2. The third-order valence-corrected chi connectivity index (χ3v) is 2.47. The van der Waals surface area contributed by atoms with E-state index in [9.17, 15) is 0 Å². The quantitative estimate of drug-likeness (QED) is 0.733. The highest BCUT2D eigenvalue weighted by Gasteiger charge is 2.16. The van der Waals surface area contributed by atoms with Crippen LogP contribution in [-0.4, -0.2) is 6.79 Å². The minimum Gasteiger partial charge on any atom is -0.454 e. The van der Waals surface area contributed by atoms with Gasteiger partial charge in [-0.25, -0.2) is 0 Å². The van der Waals surface area contributed by atoms with Crippen molar-refractivity contribution in [2.24, 2.45) is 5.92 Å². The summed E-state index contributed by atoms with van der Waals surface area (Å²) in [6.45, 7) is 4.84. The van der Waals surface area contributed by atoms with E-state index in [0.717, 1.165) is 23.8 Å². The van der Waals surface area contributed by atoms with Crippen molar-refractivity contribution in [1.29, 1.82) is 0 Å². The summed E-state index contributed by atoms with van der Waals surface area (Å²) < 4.78 is 10.8. The minimum atomic E-state index is 0.369. The van der Waals surface area contributed by atoms with E-state index in [4.69, 9.17) is 9.47 Å². The lowest BCUT2D eigenvalue weighted by Gasteiger charge is -2.07. The van der Waals surface area contributed by atoms with E-state index in [-0.39, 0.29) is 0 Å². The lowest BCUT2D eigenvalue weighted by Crippen LogP contribution is -1.96. The Labute approximate surface area is 84.8 Å². The maximum Gasteiger partial charge on any atom is 0.231 e. The second-order valence-electron chi connectivity index (χ2n) is 4.08. The van der Waals surface area contributed by atoms with Gasteiger partial charge in [0.1, 0.15) is 0 Å². The van der Waals surface area contributed by atoms with Gasteiger partial charge in [-0.1, -0.05) is 26.0 Å². The molecule has 1 heterocycles. The van der Waals surface area contributed by atoms with E-state index in [1.165, 1.54) is 12.0 Å². The fourth-order valence-electron chi connectivity index (χ4n) is 1.63. The lowest BCUT2D eigenvalue weighted by molar-refractivity contribution is 0.173. The van der Waals surface area contributed by atoms with E-state index in [0.29, 0.717) is 6.79 Å². The largest absolute Gasteiger partial charge is 0.454 e. The molecule has 0 amide bonds. The fraction of sp³-hybridized carbons (Fsp3) is 0.500. The van der Waals surface area contributed by atoms with Gasteiger partial charge in [0.2, 0.25) is 6.79 Å². The lowest BCUT2D eigenvalue weighted by atomic mass is 10.0. The number of benzene rings is 1. The summed E-state index contributed by atoms with van der Waals surface area (Å²) in [5.74, 6) is 2.58. The molecule has 0 bridgehead atoms. The third kappa shape index (κ3) is 1.84. The smallest absolute Gasteiger partial charge is 0.231 e. The number of fused-ring (bicyclic) bond motifs is 1. The summed E-state index contributed by atoms with van der Waals surface area (Å²) >= 11 is 0. The maximum atomic E-state index is 5.44. The van der Waals surface area contributed by atoms with Crippen LogP contribution in [0.25, 0.3) is 0 Å². The zero-order chi connectivity index (χ0) is 9.97. The van der Waals surface area contributed by atoms with Gasteiger partial charge in [0.15, 0.2) is 11.5 Å². The molecule has 1 aliphatic heterocycles. The molecule has 2 heteroatoms. The average molecular weight is 192 g/mol. The zero-order valence-electron chi connectivity index (χ0n) is 8.75. The Bertz CT molecular complexity index is 318. The first-order valence-electron chi connectivity index (χ1n) is 5.15. The number of rotatable bonds is 3. The van der Waals surface area contributed by atoms with Gasteiger partial charge < -0.3 is 9.47 Å². The van der Waals surface area contributed by atoms with Crippen molar-refractivity contribution < 1.29 is 9.47 Å². The molecule has 14 heavy (non-hydrogen) atoms. The number of ether oxygens (including phenoxy) is 2. The van der Waals surface area contributed by atoms with Crippen LogP contribution in [0.15, 0.2) is 18.2 Å². The highest BCUT2D eigenvalue weighted by atomic mass is 16.7. The van der Waals surface area contributed by atoms with Crippen molar-refractivity contribution in [3.8, 4) is 11.5 Å². The standard InChI is InChI=1S/C12H16O2/c1-9(2)6-7-10-4-3-5-11-12(10)14-8-13-11/h3-5,9H,6-8H2,1-2H3. The molecule has 0 fully saturated rings. The minimum absolute atomic E-state index is 0.369. The molecule has 0 N–H and O–H groups in total. The van der Waals surface area contributed by atoms with Crippen molar-refractivity contribution in [3.05, 3.63) is 23.8 Å². The van der Waals surface area contributed by atoms with E-state index in [1.54, 1.807) is 0 Å². The Balaban J connectivity index is 2.14. The summed E-state index contributed by atoms with van der Waals surface area (Å²) in [5, 5.41) is 0. The topological polar surface area (TPSA) is 18.5 Å². The second kappa shape index (κ2) is 3.91. The van der Waals surface area contributed by atoms with E-state index < -0.39 is 0 Å². The molecule has 2 rings (SSSR count). The molecule has 1 aliphatic rings. The number of aryl methyl sites for hydroxylation is 1. The molecule has 2 nitrogen and oxygen atoms in total. The molecule has 0 saturated carbocycles. The molecule has 1 aromatic carbocycles. The predicted octanol–water partition coefficient (Wildman–Crippen LogP) is 3.00. The van der Waals surface area contributed by atoms with Gasteiger partial charge in [-0.3, -0.25) is 0 Å². The molecule has 0 aromatic heterocycles.